The molecule has 0 saturated heterocycles. The quantitative estimate of drug-likeness (QED) is 0.390. The highest BCUT2D eigenvalue weighted by molar-refractivity contribution is 6.10. The van der Waals surface area contributed by atoms with Crippen LogP contribution in [0.25, 0.3) is 10.8 Å². The fourth-order valence-corrected chi connectivity index (χ4v) is 3.68. The number of amides is 2. The topological polar surface area (TPSA) is 85.9 Å². The number of carbonyl (C=O) groups excluding carboxylic acids is 2. The van der Waals surface area contributed by atoms with Crippen molar-refractivity contribution in [1.82, 2.24) is 0 Å². The SMILES string of the molecule is COc1cc(C(=O)Nc2cccc(C(=O)Nc3cccc4ccccc34)c2)cc(OC)c1OC. The highest BCUT2D eigenvalue weighted by Crippen LogP contribution is 2.38. The first-order valence-corrected chi connectivity index (χ1v) is 10.5. The van der Waals surface area contributed by atoms with E-state index in [0.29, 0.717) is 34.1 Å². The molecule has 7 nitrogen and oxygen atoms in total. The lowest BCUT2D eigenvalue weighted by Gasteiger charge is -2.14. The summed E-state index contributed by atoms with van der Waals surface area (Å²) < 4.78 is 15.9. The van der Waals surface area contributed by atoms with Crippen molar-refractivity contribution in [2.45, 2.75) is 0 Å². The van der Waals surface area contributed by atoms with Gasteiger partial charge in [-0.25, -0.2) is 0 Å². The average Bonchev–Trinajstić information content (AvgIpc) is 2.88. The molecule has 0 radical (unpaired) electrons. The fraction of sp³-hybridized carbons (Fsp3) is 0.111. The Morgan fingerprint density at radius 2 is 1.29 bits per heavy atom. The second-order valence-corrected chi connectivity index (χ2v) is 7.43. The molecular weight excluding hydrogens is 432 g/mol. The molecule has 2 N–H and O–H groups in total. The van der Waals surface area contributed by atoms with Gasteiger partial charge in [-0.15, -0.1) is 0 Å². The summed E-state index contributed by atoms with van der Waals surface area (Å²) in [5.41, 5.74) is 1.93. The molecular formula is C27H24N2O5. The minimum Gasteiger partial charge on any atom is -0.493 e. The summed E-state index contributed by atoms with van der Waals surface area (Å²) in [4.78, 5) is 25.8. The minimum atomic E-state index is -0.383. The molecule has 0 saturated carbocycles. The van der Waals surface area contributed by atoms with E-state index in [1.807, 2.05) is 42.5 Å². The Balaban J connectivity index is 1.55. The molecule has 0 aliphatic heterocycles. The summed E-state index contributed by atoms with van der Waals surface area (Å²) in [6.07, 6.45) is 0. The molecule has 4 rings (SSSR count). The highest BCUT2D eigenvalue weighted by atomic mass is 16.5. The summed E-state index contributed by atoms with van der Waals surface area (Å²) in [5.74, 6) is 0.477. The smallest absolute Gasteiger partial charge is 0.255 e. The van der Waals surface area contributed by atoms with E-state index in [1.165, 1.54) is 21.3 Å². The molecule has 4 aromatic rings. The molecule has 0 aliphatic rings. The van der Waals surface area contributed by atoms with Crippen LogP contribution in [0.4, 0.5) is 11.4 Å². The standard InChI is InChI=1S/C27H24N2O5/c1-32-23-15-19(16-24(33-2)25(23)34-3)27(31)28-20-11-6-10-18(14-20)26(30)29-22-13-7-9-17-8-4-5-12-21(17)22/h4-16H,1-3H3,(H,28,31)(H,29,30). The van der Waals surface area contributed by atoms with Gasteiger partial charge in [0.15, 0.2) is 11.5 Å². The van der Waals surface area contributed by atoms with Gasteiger partial charge in [0, 0.05) is 27.9 Å². The number of methoxy groups -OCH3 is 3. The van der Waals surface area contributed by atoms with E-state index in [0.717, 1.165) is 16.5 Å². The van der Waals surface area contributed by atoms with E-state index < -0.39 is 0 Å². The number of anilines is 2. The van der Waals surface area contributed by atoms with Gasteiger partial charge in [0.25, 0.3) is 11.8 Å². The number of hydrogen-bond donors (Lipinski definition) is 2. The number of rotatable bonds is 7. The molecule has 2 amide bonds. The summed E-state index contributed by atoms with van der Waals surface area (Å²) in [6, 6.07) is 23.4. The molecule has 0 aromatic heterocycles. The van der Waals surface area contributed by atoms with E-state index >= 15 is 0 Å². The van der Waals surface area contributed by atoms with Gasteiger partial charge in [-0.3, -0.25) is 9.59 Å². The number of fused-ring (bicyclic) bond motifs is 1. The Labute approximate surface area is 197 Å². The maximum Gasteiger partial charge on any atom is 0.255 e. The molecule has 0 heterocycles. The first-order valence-electron chi connectivity index (χ1n) is 10.5. The maximum absolute atomic E-state index is 12.9. The summed E-state index contributed by atoms with van der Waals surface area (Å²) in [7, 11) is 4.46. The molecule has 0 spiro atoms. The van der Waals surface area contributed by atoms with E-state index in [1.54, 1.807) is 36.4 Å². The van der Waals surface area contributed by atoms with Crippen molar-refractivity contribution in [2.24, 2.45) is 0 Å². The second kappa shape index (κ2) is 9.95. The monoisotopic (exact) mass is 456 g/mol. The van der Waals surface area contributed by atoms with Crippen molar-refractivity contribution < 1.29 is 23.8 Å². The van der Waals surface area contributed by atoms with Crippen molar-refractivity contribution in [3.8, 4) is 17.2 Å². The summed E-state index contributed by atoms with van der Waals surface area (Å²) >= 11 is 0. The van der Waals surface area contributed by atoms with Crippen LogP contribution in [0.3, 0.4) is 0 Å². The molecule has 172 valence electrons. The maximum atomic E-state index is 12.9. The number of hydrogen-bond acceptors (Lipinski definition) is 5. The van der Waals surface area contributed by atoms with Crippen LogP contribution in [0.1, 0.15) is 20.7 Å². The van der Waals surface area contributed by atoms with Gasteiger partial charge in [0.1, 0.15) is 0 Å². The summed E-state index contributed by atoms with van der Waals surface area (Å²) in [5, 5.41) is 7.76. The zero-order valence-corrected chi connectivity index (χ0v) is 19.0. The lowest BCUT2D eigenvalue weighted by molar-refractivity contribution is 0.101. The summed E-state index contributed by atoms with van der Waals surface area (Å²) in [6.45, 7) is 0. The third-order valence-corrected chi connectivity index (χ3v) is 5.35. The fourth-order valence-electron chi connectivity index (χ4n) is 3.68. The van der Waals surface area contributed by atoms with Crippen LogP contribution in [0.2, 0.25) is 0 Å². The van der Waals surface area contributed by atoms with Gasteiger partial charge in [-0.1, -0.05) is 42.5 Å². The van der Waals surface area contributed by atoms with Crippen molar-refractivity contribution in [1.29, 1.82) is 0 Å². The molecule has 0 aliphatic carbocycles. The predicted octanol–water partition coefficient (Wildman–Crippen LogP) is 5.37. The Morgan fingerprint density at radius 1 is 0.647 bits per heavy atom. The van der Waals surface area contributed by atoms with E-state index in [9.17, 15) is 9.59 Å². The molecule has 0 atom stereocenters. The average molecular weight is 456 g/mol. The van der Waals surface area contributed by atoms with Gasteiger partial charge in [0.05, 0.1) is 21.3 Å². The first kappa shape index (κ1) is 22.7. The normalized spacial score (nSPS) is 10.4. The Hall–Kier alpha value is -4.52. The molecule has 0 fully saturated rings. The third-order valence-electron chi connectivity index (χ3n) is 5.35. The Morgan fingerprint density at radius 3 is 2.00 bits per heavy atom. The molecule has 0 bridgehead atoms. The number of ether oxygens (including phenoxy) is 3. The van der Waals surface area contributed by atoms with Gasteiger partial charge in [-0.2, -0.15) is 0 Å². The molecule has 34 heavy (non-hydrogen) atoms. The third kappa shape index (κ3) is 4.63. The van der Waals surface area contributed by atoms with Gasteiger partial charge in [0.2, 0.25) is 5.75 Å². The highest BCUT2D eigenvalue weighted by Gasteiger charge is 2.17. The van der Waals surface area contributed by atoms with Crippen molar-refractivity contribution in [2.75, 3.05) is 32.0 Å². The molecule has 7 heteroatoms. The largest absolute Gasteiger partial charge is 0.493 e. The Kier molecular flexibility index (Phi) is 6.64. The minimum absolute atomic E-state index is 0.278. The molecule has 0 unspecified atom stereocenters. The van der Waals surface area contributed by atoms with E-state index in [4.69, 9.17) is 14.2 Å². The van der Waals surface area contributed by atoms with Crippen LogP contribution in [0.5, 0.6) is 17.2 Å². The first-order chi connectivity index (χ1) is 16.5. The number of nitrogens with one attached hydrogen (secondary N) is 2. The van der Waals surface area contributed by atoms with Crippen LogP contribution in [0.15, 0.2) is 78.9 Å². The zero-order valence-electron chi connectivity index (χ0n) is 19.0. The van der Waals surface area contributed by atoms with Crippen LogP contribution in [-0.4, -0.2) is 33.1 Å². The van der Waals surface area contributed by atoms with Gasteiger partial charge in [-0.05, 0) is 41.8 Å². The van der Waals surface area contributed by atoms with Crippen LogP contribution < -0.4 is 24.8 Å². The predicted molar refractivity (Wildman–Crippen MR) is 132 cm³/mol. The second-order valence-electron chi connectivity index (χ2n) is 7.43. The van der Waals surface area contributed by atoms with Gasteiger partial charge < -0.3 is 24.8 Å². The van der Waals surface area contributed by atoms with Crippen LogP contribution >= 0.6 is 0 Å². The van der Waals surface area contributed by atoms with E-state index in [2.05, 4.69) is 10.6 Å². The van der Waals surface area contributed by atoms with Crippen LogP contribution in [-0.2, 0) is 0 Å². The van der Waals surface area contributed by atoms with E-state index in [-0.39, 0.29) is 11.8 Å². The number of carbonyl (C=O) groups is 2. The van der Waals surface area contributed by atoms with Gasteiger partial charge >= 0.3 is 0 Å². The van der Waals surface area contributed by atoms with Crippen molar-refractivity contribution >= 4 is 34.0 Å². The lowest BCUT2D eigenvalue weighted by atomic mass is 10.1. The Bertz CT molecular complexity index is 1340. The van der Waals surface area contributed by atoms with Crippen molar-refractivity contribution in [3.05, 3.63) is 90.0 Å². The van der Waals surface area contributed by atoms with Crippen LogP contribution in [0, 0.1) is 0 Å². The molecule has 4 aromatic carbocycles. The number of benzene rings is 4. The zero-order chi connectivity index (χ0) is 24.1. The van der Waals surface area contributed by atoms with Crippen molar-refractivity contribution in [3.63, 3.8) is 0 Å². The lowest BCUT2D eigenvalue weighted by Crippen LogP contribution is -2.15.